The number of halogens is 1. The summed E-state index contributed by atoms with van der Waals surface area (Å²) in [7, 11) is 0. The smallest absolute Gasteiger partial charge is 0.132 e. The van der Waals surface area contributed by atoms with Gasteiger partial charge in [0, 0.05) is 10.7 Å². The van der Waals surface area contributed by atoms with Crippen LogP contribution in [0.4, 0.5) is 5.69 Å². The zero-order valence-corrected chi connectivity index (χ0v) is 10.1. The van der Waals surface area contributed by atoms with Crippen LogP contribution in [-0.2, 0) is 6.61 Å². The van der Waals surface area contributed by atoms with Gasteiger partial charge in [-0.3, -0.25) is 4.98 Å². The van der Waals surface area contributed by atoms with Crippen molar-refractivity contribution in [3.63, 3.8) is 0 Å². The second-order valence-electron chi connectivity index (χ2n) is 3.29. The van der Waals surface area contributed by atoms with Crippen LogP contribution in [0.25, 0.3) is 0 Å². The molecule has 0 bridgehead atoms. The number of benzene rings is 1. The van der Waals surface area contributed by atoms with Gasteiger partial charge >= 0.3 is 0 Å². The molecular weight excluding hydrogens is 268 g/mol. The molecule has 2 aromatic rings. The molecule has 1 heterocycles. The first-order chi connectivity index (χ1) is 7.75. The fraction of sp³-hybridized carbons (Fsp3) is 0.0833. The summed E-state index contributed by atoms with van der Waals surface area (Å²) in [6.07, 6.45) is 1.70. The van der Waals surface area contributed by atoms with Crippen molar-refractivity contribution >= 4 is 21.6 Å². The van der Waals surface area contributed by atoms with E-state index in [1.54, 1.807) is 12.3 Å². The molecule has 0 aliphatic heterocycles. The Bertz CT molecular complexity index is 488. The van der Waals surface area contributed by atoms with E-state index < -0.39 is 0 Å². The largest absolute Gasteiger partial charge is 0.487 e. The fourth-order valence-electron chi connectivity index (χ4n) is 1.28. The summed E-state index contributed by atoms with van der Waals surface area (Å²) in [5.74, 6) is 0.791. The van der Waals surface area contributed by atoms with Crippen LogP contribution < -0.4 is 10.5 Å². The van der Waals surface area contributed by atoms with Crippen molar-refractivity contribution in [3.05, 3.63) is 52.8 Å². The number of anilines is 1. The lowest BCUT2D eigenvalue weighted by Gasteiger charge is -2.07. The number of nitrogen functional groups attached to an aromatic ring is 1. The predicted molar refractivity (Wildman–Crippen MR) is 67.1 cm³/mol. The molecule has 0 aliphatic rings. The molecule has 1 aromatic carbocycles. The van der Waals surface area contributed by atoms with Crippen molar-refractivity contribution in [2.75, 3.05) is 5.73 Å². The van der Waals surface area contributed by atoms with Crippen LogP contribution in [0.1, 0.15) is 5.69 Å². The zero-order valence-electron chi connectivity index (χ0n) is 8.56. The average molecular weight is 279 g/mol. The Kier molecular flexibility index (Phi) is 3.41. The van der Waals surface area contributed by atoms with Gasteiger partial charge in [0.15, 0.2) is 0 Å². The number of rotatable bonds is 3. The Morgan fingerprint density at radius 3 is 2.88 bits per heavy atom. The maximum atomic E-state index is 5.76. The van der Waals surface area contributed by atoms with Gasteiger partial charge in [0.2, 0.25) is 0 Å². The second-order valence-corrected chi connectivity index (χ2v) is 4.20. The van der Waals surface area contributed by atoms with Crippen molar-refractivity contribution in [1.29, 1.82) is 0 Å². The van der Waals surface area contributed by atoms with Crippen molar-refractivity contribution in [1.82, 2.24) is 4.98 Å². The normalized spacial score (nSPS) is 10.1. The molecule has 2 N–H and O–H groups in total. The summed E-state index contributed by atoms with van der Waals surface area (Å²) < 4.78 is 6.57. The molecule has 0 atom stereocenters. The summed E-state index contributed by atoms with van der Waals surface area (Å²) in [4.78, 5) is 4.15. The van der Waals surface area contributed by atoms with Crippen LogP contribution in [-0.4, -0.2) is 4.98 Å². The molecule has 82 valence electrons. The van der Waals surface area contributed by atoms with Crippen molar-refractivity contribution in [3.8, 4) is 5.75 Å². The van der Waals surface area contributed by atoms with E-state index in [0.717, 1.165) is 15.9 Å². The minimum absolute atomic E-state index is 0.378. The number of nitrogens with two attached hydrogens (primary N) is 1. The number of ether oxygens (including phenoxy) is 1. The van der Waals surface area contributed by atoms with E-state index >= 15 is 0 Å². The number of hydrogen-bond donors (Lipinski definition) is 1. The van der Waals surface area contributed by atoms with E-state index in [1.807, 2.05) is 30.3 Å². The molecule has 16 heavy (non-hydrogen) atoms. The Labute approximate surface area is 102 Å². The van der Waals surface area contributed by atoms with Crippen molar-refractivity contribution in [2.24, 2.45) is 0 Å². The van der Waals surface area contributed by atoms with Gasteiger partial charge in [0.1, 0.15) is 18.1 Å². The van der Waals surface area contributed by atoms with E-state index in [1.165, 1.54) is 0 Å². The quantitative estimate of drug-likeness (QED) is 0.939. The van der Waals surface area contributed by atoms with Crippen LogP contribution in [0.2, 0.25) is 0 Å². The molecule has 1 aromatic heterocycles. The third-order valence-electron chi connectivity index (χ3n) is 2.10. The molecule has 0 saturated carbocycles. The Morgan fingerprint density at radius 1 is 1.25 bits per heavy atom. The maximum absolute atomic E-state index is 5.76. The minimum atomic E-state index is 0.378. The molecule has 3 nitrogen and oxygen atoms in total. The minimum Gasteiger partial charge on any atom is -0.487 e. The van der Waals surface area contributed by atoms with Gasteiger partial charge in [0.25, 0.3) is 0 Å². The van der Waals surface area contributed by atoms with Gasteiger partial charge in [-0.25, -0.2) is 0 Å². The van der Waals surface area contributed by atoms with Crippen LogP contribution in [0.5, 0.6) is 5.75 Å². The fourth-order valence-corrected chi connectivity index (χ4v) is 1.66. The Hall–Kier alpha value is -1.55. The first kappa shape index (κ1) is 11.0. The van der Waals surface area contributed by atoms with Crippen molar-refractivity contribution in [2.45, 2.75) is 6.61 Å². The Morgan fingerprint density at radius 2 is 2.12 bits per heavy atom. The number of aromatic nitrogens is 1. The molecule has 0 fully saturated rings. The van der Waals surface area contributed by atoms with E-state index in [4.69, 9.17) is 10.5 Å². The van der Waals surface area contributed by atoms with Crippen LogP contribution >= 0.6 is 15.9 Å². The second kappa shape index (κ2) is 4.99. The molecule has 0 spiro atoms. The van der Waals surface area contributed by atoms with Gasteiger partial charge in [-0.2, -0.15) is 0 Å². The van der Waals surface area contributed by atoms with Gasteiger partial charge in [-0.15, -0.1) is 0 Å². The highest BCUT2D eigenvalue weighted by Crippen LogP contribution is 2.19. The summed E-state index contributed by atoms with van der Waals surface area (Å²) in [5, 5.41) is 0. The highest BCUT2D eigenvalue weighted by molar-refractivity contribution is 9.10. The van der Waals surface area contributed by atoms with Crippen LogP contribution in [0.3, 0.4) is 0 Å². The molecule has 0 unspecified atom stereocenters. The molecule has 0 aliphatic carbocycles. The molecule has 0 saturated heterocycles. The third kappa shape index (κ3) is 2.73. The highest BCUT2D eigenvalue weighted by atomic mass is 79.9. The number of hydrogen-bond acceptors (Lipinski definition) is 3. The van der Waals surface area contributed by atoms with Gasteiger partial charge in [-0.05, 0) is 30.3 Å². The molecule has 0 radical (unpaired) electrons. The van der Waals surface area contributed by atoms with Crippen LogP contribution in [0.15, 0.2) is 47.1 Å². The highest BCUT2D eigenvalue weighted by Gasteiger charge is 2.01. The number of pyridine rings is 1. The molecule has 4 heteroatoms. The maximum Gasteiger partial charge on any atom is 0.132 e. The summed E-state index contributed by atoms with van der Waals surface area (Å²) >= 11 is 3.38. The molecule has 2 rings (SSSR count). The SMILES string of the molecule is Nc1cccnc1COc1cccc(Br)c1. The zero-order chi connectivity index (χ0) is 11.4. The summed E-state index contributed by atoms with van der Waals surface area (Å²) in [5.41, 5.74) is 7.17. The predicted octanol–water partition coefficient (Wildman–Crippen LogP) is 3.01. The van der Waals surface area contributed by atoms with Gasteiger partial charge in [-0.1, -0.05) is 22.0 Å². The first-order valence-electron chi connectivity index (χ1n) is 4.83. The number of nitrogens with zero attached hydrogens (tertiary/aromatic N) is 1. The van der Waals surface area contributed by atoms with Crippen molar-refractivity contribution < 1.29 is 4.74 Å². The Balaban J connectivity index is 2.05. The summed E-state index contributed by atoms with van der Waals surface area (Å²) in [6.45, 7) is 0.378. The lowest BCUT2D eigenvalue weighted by Crippen LogP contribution is -2.02. The monoisotopic (exact) mass is 278 g/mol. The average Bonchev–Trinajstić information content (AvgIpc) is 2.28. The van der Waals surface area contributed by atoms with Gasteiger partial charge < -0.3 is 10.5 Å². The molecular formula is C12H11BrN2O. The lowest BCUT2D eigenvalue weighted by atomic mass is 10.3. The lowest BCUT2D eigenvalue weighted by molar-refractivity contribution is 0.302. The van der Waals surface area contributed by atoms with E-state index in [2.05, 4.69) is 20.9 Å². The van der Waals surface area contributed by atoms with Gasteiger partial charge in [0.05, 0.1) is 5.69 Å². The van der Waals surface area contributed by atoms with E-state index in [0.29, 0.717) is 12.3 Å². The van der Waals surface area contributed by atoms with Crippen LogP contribution in [0, 0.1) is 0 Å². The first-order valence-corrected chi connectivity index (χ1v) is 5.63. The third-order valence-corrected chi connectivity index (χ3v) is 2.59. The van der Waals surface area contributed by atoms with E-state index in [-0.39, 0.29) is 0 Å². The standard InChI is InChI=1S/C12H11BrN2O/c13-9-3-1-4-10(7-9)16-8-12-11(14)5-2-6-15-12/h1-7H,8,14H2. The van der Waals surface area contributed by atoms with E-state index in [9.17, 15) is 0 Å². The molecule has 0 amide bonds. The summed E-state index contributed by atoms with van der Waals surface area (Å²) in [6, 6.07) is 11.3. The topological polar surface area (TPSA) is 48.1 Å².